The summed E-state index contributed by atoms with van der Waals surface area (Å²) in [7, 11) is -3.01. The Labute approximate surface area is 126 Å². The number of rotatable bonds is 6. The first-order chi connectivity index (χ1) is 9.48. The van der Waals surface area contributed by atoms with Crippen LogP contribution < -0.4 is 5.32 Å². The highest BCUT2D eigenvalue weighted by atomic mass is 32.2. The summed E-state index contributed by atoms with van der Waals surface area (Å²) in [6.07, 6.45) is 3.97. The molecule has 20 heavy (non-hydrogen) atoms. The van der Waals surface area contributed by atoms with Gasteiger partial charge in [0.05, 0.1) is 6.10 Å². The maximum atomic E-state index is 11.9. The fraction of sp³-hybridized carbons (Fsp3) is 1.00. The molecular formula is C13H26N2O3S2. The fourth-order valence-electron chi connectivity index (χ4n) is 2.84. The molecule has 3 unspecified atom stereocenters. The summed E-state index contributed by atoms with van der Waals surface area (Å²) in [5.41, 5.74) is 0. The monoisotopic (exact) mass is 322 g/mol. The molecule has 0 aromatic heterocycles. The largest absolute Gasteiger partial charge is 0.377 e. The molecule has 2 aliphatic heterocycles. The van der Waals surface area contributed by atoms with E-state index in [2.05, 4.69) is 17.1 Å². The van der Waals surface area contributed by atoms with Crippen molar-refractivity contribution in [3.63, 3.8) is 0 Å². The number of nitrogens with zero attached hydrogens (tertiary/aromatic N) is 1. The van der Waals surface area contributed by atoms with Crippen LogP contribution in [-0.2, 0) is 14.6 Å². The maximum absolute atomic E-state index is 11.9. The first-order valence-electron chi connectivity index (χ1n) is 7.33. The standard InChI is InChI=1S/C13H26N2O3S2/c1-11(8-14-9-12-4-3-6-18-12)15-5-7-19-10-13(15)20(2,16)17/h11-14H,3-10H2,1-2H3. The Hall–Kier alpha value is 0.180. The Morgan fingerprint density at radius 2 is 2.30 bits per heavy atom. The molecule has 118 valence electrons. The first kappa shape index (κ1) is 16.5. The number of thioether (sulfide) groups is 1. The van der Waals surface area contributed by atoms with Crippen molar-refractivity contribution < 1.29 is 13.2 Å². The van der Waals surface area contributed by atoms with E-state index in [-0.39, 0.29) is 11.4 Å². The van der Waals surface area contributed by atoms with Crippen LogP contribution >= 0.6 is 11.8 Å². The normalized spacial score (nSPS) is 30.5. The molecule has 7 heteroatoms. The van der Waals surface area contributed by atoms with Crippen LogP contribution in [0.15, 0.2) is 0 Å². The summed E-state index contributed by atoms with van der Waals surface area (Å²) in [5.74, 6) is 1.71. The Balaban J connectivity index is 1.81. The van der Waals surface area contributed by atoms with Gasteiger partial charge in [-0.1, -0.05) is 0 Å². The van der Waals surface area contributed by atoms with Gasteiger partial charge in [0, 0.05) is 50.0 Å². The van der Waals surface area contributed by atoms with Gasteiger partial charge in [0.15, 0.2) is 9.84 Å². The third-order valence-electron chi connectivity index (χ3n) is 4.02. The lowest BCUT2D eigenvalue weighted by molar-refractivity contribution is 0.107. The van der Waals surface area contributed by atoms with Crippen LogP contribution in [-0.4, -0.2) is 74.8 Å². The molecule has 0 aromatic carbocycles. The Morgan fingerprint density at radius 1 is 1.50 bits per heavy atom. The molecule has 2 fully saturated rings. The highest BCUT2D eigenvalue weighted by Crippen LogP contribution is 2.22. The third-order valence-corrected chi connectivity index (χ3v) is 6.68. The molecule has 2 saturated heterocycles. The van der Waals surface area contributed by atoms with Crippen LogP contribution in [0.4, 0.5) is 0 Å². The van der Waals surface area contributed by atoms with Gasteiger partial charge < -0.3 is 10.1 Å². The van der Waals surface area contributed by atoms with Crippen molar-refractivity contribution in [2.75, 3.05) is 44.0 Å². The van der Waals surface area contributed by atoms with Gasteiger partial charge in [-0.2, -0.15) is 11.8 Å². The molecule has 0 aromatic rings. The number of hydrogen-bond acceptors (Lipinski definition) is 6. The van der Waals surface area contributed by atoms with Crippen molar-refractivity contribution in [3.8, 4) is 0 Å². The molecule has 1 N–H and O–H groups in total. The zero-order valence-corrected chi connectivity index (χ0v) is 14.0. The van der Waals surface area contributed by atoms with E-state index < -0.39 is 9.84 Å². The molecule has 0 bridgehead atoms. The second kappa shape index (κ2) is 7.45. The van der Waals surface area contributed by atoms with Crippen molar-refractivity contribution in [3.05, 3.63) is 0 Å². The van der Waals surface area contributed by atoms with E-state index in [1.807, 2.05) is 0 Å². The molecule has 0 saturated carbocycles. The molecule has 5 nitrogen and oxygen atoms in total. The predicted octanol–water partition coefficient (Wildman–Crippen LogP) is 0.563. The molecule has 2 rings (SSSR count). The van der Waals surface area contributed by atoms with Gasteiger partial charge in [-0.05, 0) is 19.8 Å². The number of nitrogens with one attached hydrogen (secondary N) is 1. The van der Waals surface area contributed by atoms with Crippen LogP contribution in [0.25, 0.3) is 0 Å². The van der Waals surface area contributed by atoms with Gasteiger partial charge in [0.1, 0.15) is 5.37 Å². The van der Waals surface area contributed by atoms with Gasteiger partial charge in [0.25, 0.3) is 0 Å². The summed E-state index contributed by atoms with van der Waals surface area (Å²) in [6.45, 7) is 5.52. The summed E-state index contributed by atoms with van der Waals surface area (Å²) >= 11 is 1.73. The molecule has 0 aliphatic carbocycles. The molecule has 2 aliphatic rings. The highest BCUT2D eigenvalue weighted by Gasteiger charge is 2.33. The topological polar surface area (TPSA) is 58.6 Å². The van der Waals surface area contributed by atoms with Gasteiger partial charge in [-0.15, -0.1) is 0 Å². The summed E-state index contributed by atoms with van der Waals surface area (Å²) in [6, 6.07) is 0.233. The Morgan fingerprint density at radius 3 is 2.95 bits per heavy atom. The van der Waals surface area contributed by atoms with E-state index in [4.69, 9.17) is 4.74 Å². The lowest BCUT2D eigenvalue weighted by Crippen LogP contribution is -2.53. The van der Waals surface area contributed by atoms with Crippen molar-refractivity contribution >= 4 is 21.6 Å². The van der Waals surface area contributed by atoms with Gasteiger partial charge in [0.2, 0.25) is 0 Å². The third kappa shape index (κ3) is 4.59. The number of sulfone groups is 1. The van der Waals surface area contributed by atoms with Crippen molar-refractivity contribution in [2.45, 2.75) is 37.3 Å². The lowest BCUT2D eigenvalue weighted by Gasteiger charge is -2.38. The zero-order valence-electron chi connectivity index (χ0n) is 12.4. The molecule has 0 amide bonds. The molecule has 3 atom stereocenters. The molecule has 2 heterocycles. The number of hydrogen-bond donors (Lipinski definition) is 1. The molecule has 0 spiro atoms. The minimum Gasteiger partial charge on any atom is -0.377 e. The van der Waals surface area contributed by atoms with Gasteiger partial charge >= 0.3 is 0 Å². The van der Waals surface area contributed by atoms with Gasteiger partial charge in [-0.25, -0.2) is 8.42 Å². The summed E-state index contributed by atoms with van der Waals surface area (Å²) in [4.78, 5) is 2.13. The smallest absolute Gasteiger partial charge is 0.164 e. The SMILES string of the molecule is CC(CNCC1CCCO1)N1CCSCC1S(C)(=O)=O. The second-order valence-corrected chi connectivity index (χ2v) is 9.09. The van der Waals surface area contributed by atoms with Crippen LogP contribution in [0.2, 0.25) is 0 Å². The molecular weight excluding hydrogens is 296 g/mol. The van der Waals surface area contributed by atoms with E-state index in [1.165, 1.54) is 6.26 Å². The van der Waals surface area contributed by atoms with Crippen LogP contribution in [0, 0.1) is 0 Å². The maximum Gasteiger partial charge on any atom is 0.164 e. The predicted molar refractivity (Wildman–Crippen MR) is 84.0 cm³/mol. The van der Waals surface area contributed by atoms with E-state index in [9.17, 15) is 8.42 Å². The second-order valence-electron chi connectivity index (χ2n) is 5.74. The van der Waals surface area contributed by atoms with Crippen molar-refractivity contribution in [1.29, 1.82) is 0 Å². The van der Waals surface area contributed by atoms with Gasteiger partial charge in [-0.3, -0.25) is 4.90 Å². The Bertz CT molecular complexity index is 396. The summed E-state index contributed by atoms with van der Waals surface area (Å²) < 4.78 is 29.4. The summed E-state index contributed by atoms with van der Waals surface area (Å²) in [5, 5.41) is 3.10. The Kier molecular flexibility index (Phi) is 6.16. The minimum atomic E-state index is -3.01. The number of ether oxygens (including phenoxy) is 1. The van der Waals surface area contributed by atoms with Crippen molar-refractivity contribution in [1.82, 2.24) is 10.2 Å². The lowest BCUT2D eigenvalue weighted by atomic mass is 10.2. The van der Waals surface area contributed by atoms with Crippen LogP contribution in [0.5, 0.6) is 0 Å². The average molecular weight is 322 g/mol. The quantitative estimate of drug-likeness (QED) is 0.771. The van der Waals surface area contributed by atoms with Crippen molar-refractivity contribution in [2.24, 2.45) is 0 Å². The van der Waals surface area contributed by atoms with E-state index in [0.717, 1.165) is 44.8 Å². The van der Waals surface area contributed by atoms with E-state index in [1.54, 1.807) is 11.8 Å². The van der Waals surface area contributed by atoms with E-state index >= 15 is 0 Å². The average Bonchev–Trinajstić information content (AvgIpc) is 2.91. The first-order valence-corrected chi connectivity index (χ1v) is 10.4. The molecule has 0 radical (unpaired) electrons. The highest BCUT2D eigenvalue weighted by molar-refractivity contribution is 8.00. The minimum absolute atomic E-state index is 0.233. The van der Waals surface area contributed by atoms with E-state index in [0.29, 0.717) is 11.9 Å². The van der Waals surface area contributed by atoms with Crippen LogP contribution in [0.1, 0.15) is 19.8 Å². The fourth-order valence-corrected chi connectivity index (χ4v) is 5.83. The van der Waals surface area contributed by atoms with Crippen LogP contribution in [0.3, 0.4) is 0 Å². The zero-order chi connectivity index (χ0) is 14.6.